The number of carbonyl (C=O) groups excluding carboxylic acids is 1. The molecule has 2 heterocycles. The highest BCUT2D eigenvalue weighted by atomic mass is 16.5. The third kappa shape index (κ3) is 3.23. The van der Waals surface area contributed by atoms with Crippen molar-refractivity contribution < 1.29 is 14.3 Å². The average molecular weight is 336 g/mol. The molecule has 2 aromatic carbocycles. The van der Waals surface area contributed by atoms with Crippen LogP contribution in [0.2, 0.25) is 0 Å². The molecule has 1 amide bonds. The normalized spacial score (nSPS) is 20.8. The Morgan fingerprint density at radius 2 is 1.96 bits per heavy atom. The Morgan fingerprint density at radius 1 is 1.20 bits per heavy atom. The maximum atomic E-state index is 12.3. The van der Waals surface area contributed by atoms with Gasteiger partial charge in [-0.2, -0.15) is 0 Å². The molecular formula is C20H20N2O3. The van der Waals surface area contributed by atoms with E-state index in [9.17, 15) is 4.79 Å². The molecule has 4 rings (SSSR count). The fourth-order valence-electron chi connectivity index (χ4n) is 3.12. The first kappa shape index (κ1) is 15.7. The van der Waals surface area contributed by atoms with Crippen molar-refractivity contribution in [3.63, 3.8) is 0 Å². The predicted octanol–water partition coefficient (Wildman–Crippen LogP) is 3.26. The van der Waals surface area contributed by atoms with Crippen molar-refractivity contribution in [3.05, 3.63) is 71.4 Å². The van der Waals surface area contributed by atoms with Gasteiger partial charge in [0.2, 0.25) is 0 Å². The number of nitrogens with one attached hydrogen (secondary N) is 2. The Balaban J connectivity index is 1.40. The first-order valence-corrected chi connectivity index (χ1v) is 8.48. The van der Waals surface area contributed by atoms with Gasteiger partial charge in [-0.25, -0.2) is 0 Å². The third-order valence-corrected chi connectivity index (χ3v) is 4.36. The zero-order valence-electron chi connectivity index (χ0n) is 14.0. The molecule has 2 bridgehead atoms. The van der Waals surface area contributed by atoms with Crippen molar-refractivity contribution in [2.75, 3.05) is 18.5 Å². The minimum Gasteiger partial charge on any atom is -0.494 e. The lowest BCUT2D eigenvalue weighted by molar-refractivity contribution is 0.0367. The standard InChI is InChI=1S/C20H20N2O3/c1-2-24-16-9-5-14(6-10-16)20(23)22-15-7-3-13(4-8-15)19-18-11-17(25-19)12-21-18/h3-11,17,19,21H,2,12H2,1H3,(H,22,23)/t17-,19+/m0/s1. The third-order valence-electron chi connectivity index (χ3n) is 4.36. The number of rotatable bonds is 5. The van der Waals surface area contributed by atoms with Gasteiger partial charge in [-0.3, -0.25) is 4.79 Å². The molecule has 5 heteroatoms. The second-order valence-corrected chi connectivity index (χ2v) is 6.09. The van der Waals surface area contributed by atoms with E-state index in [4.69, 9.17) is 9.47 Å². The van der Waals surface area contributed by atoms with E-state index in [1.165, 1.54) is 0 Å². The van der Waals surface area contributed by atoms with E-state index >= 15 is 0 Å². The van der Waals surface area contributed by atoms with Crippen molar-refractivity contribution >= 4 is 11.6 Å². The Kier molecular flexibility index (Phi) is 4.15. The molecule has 2 aliphatic rings. The van der Waals surface area contributed by atoms with Gasteiger partial charge in [0.15, 0.2) is 0 Å². The molecule has 0 saturated carbocycles. The van der Waals surface area contributed by atoms with Crippen LogP contribution in [0.25, 0.3) is 0 Å². The fourth-order valence-corrected chi connectivity index (χ4v) is 3.12. The summed E-state index contributed by atoms with van der Waals surface area (Å²) in [5.41, 5.74) is 3.57. The second-order valence-electron chi connectivity index (χ2n) is 6.09. The van der Waals surface area contributed by atoms with E-state index in [1.54, 1.807) is 24.3 Å². The highest BCUT2D eigenvalue weighted by Crippen LogP contribution is 2.35. The number of fused-ring (bicyclic) bond motifs is 1. The molecule has 2 aliphatic heterocycles. The molecule has 0 aliphatic carbocycles. The number of hydrogen-bond acceptors (Lipinski definition) is 4. The summed E-state index contributed by atoms with van der Waals surface area (Å²) in [5, 5.41) is 6.25. The summed E-state index contributed by atoms with van der Waals surface area (Å²) in [4.78, 5) is 12.3. The molecule has 0 saturated heterocycles. The molecule has 0 fully saturated rings. The number of ether oxygens (including phenoxy) is 2. The lowest BCUT2D eigenvalue weighted by Crippen LogP contribution is -2.28. The minimum atomic E-state index is -0.142. The van der Waals surface area contributed by atoms with Gasteiger partial charge in [-0.15, -0.1) is 0 Å². The van der Waals surface area contributed by atoms with Crippen LogP contribution in [0.4, 0.5) is 5.69 Å². The van der Waals surface area contributed by atoms with E-state index < -0.39 is 0 Å². The molecule has 2 N–H and O–H groups in total. The van der Waals surface area contributed by atoms with Crippen LogP contribution in [0.1, 0.15) is 28.9 Å². The van der Waals surface area contributed by atoms with E-state index in [2.05, 4.69) is 16.7 Å². The number of benzene rings is 2. The highest BCUT2D eigenvalue weighted by molar-refractivity contribution is 6.04. The number of amides is 1. The van der Waals surface area contributed by atoms with Gasteiger partial charge in [0.1, 0.15) is 11.9 Å². The highest BCUT2D eigenvalue weighted by Gasteiger charge is 2.33. The molecule has 0 aromatic heterocycles. The van der Waals surface area contributed by atoms with Crippen LogP contribution in [0, 0.1) is 0 Å². The molecular weight excluding hydrogens is 316 g/mol. The van der Waals surface area contributed by atoms with Crippen molar-refractivity contribution in [2.45, 2.75) is 19.1 Å². The van der Waals surface area contributed by atoms with Crippen LogP contribution in [-0.2, 0) is 4.74 Å². The molecule has 0 radical (unpaired) electrons. The molecule has 128 valence electrons. The number of carbonyl (C=O) groups is 1. The Hall–Kier alpha value is -2.79. The molecule has 2 aromatic rings. The summed E-state index contributed by atoms with van der Waals surface area (Å²) >= 11 is 0. The van der Waals surface area contributed by atoms with E-state index in [0.29, 0.717) is 12.2 Å². The van der Waals surface area contributed by atoms with Gasteiger partial charge in [-0.1, -0.05) is 12.1 Å². The Labute approximate surface area is 146 Å². The quantitative estimate of drug-likeness (QED) is 0.880. The van der Waals surface area contributed by atoms with Gasteiger partial charge in [0, 0.05) is 23.5 Å². The molecule has 5 nitrogen and oxygen atoms in total. The largest absolute Gasteiger partial charge is 0.494 e. The smallest absolute Gasteiger partial charge is 0.255 e. The summed E-state index contributed by atoms with van der Waals surface area (Å²) in [5.74, 6) is 0.619. The van der Waals surface area contributed by atoms with Gasteiger partial charge in [0.25, 0.3) is 5.91 Å². The van der Waals surface area contributed by atoms with Crippen LogP contribution < -0.4 is 15.4 Å². The van der Waals surface area contributed by atoms with Crippen molar-refractivity contribution in [2.24, 2.45) is 0 Å². The molecule has 25 heavy (non-hydrogen) atoms. The van der Waals surface area contributed by atoms with E-state index in [1.807, 2.05) is 31.2 Å². The number of anilines is 1. The lowest BCUT2D eigenvalue weighted by atomic mass is 10.1. The first-order valence-electron chi connectivity index (χ1n) is 8.48. The average Bonchev–Trinajstić information content (AvgIpc) is 3.27. The molecule has 0 spiro atoms. The number of hydrogen-bond donors (Lipinski definition) is 2. The lowest BCUT2D eigenvalue weighted by Gasteiger charge is -2.23. The minimum absolute atomic E-state index is 0.0189. The van der Waals surface area contributed by atoms with Crippen LogP contribution in [-0.4, -0.2) is 25.2 Å². The fraction of sp³-hybridized carbons (Fsp3) is 0.250. The second kappa shape index (κ2) is 6.61. The molecule has 0 unspecified atom stereocenters. The van der Waals surface area contributed by atoms with Crippen molar-refractivity contribution in [1.82, 2.24) is 5.32 Å². The van der Waals surface area contributed by atoms with E-state index in [-0.39, 0.29) is 18.1 Å². The zero-order valence-corrected chi connectivity index (χ0v) is 14.0. The van der Waals surface area contributed by atoms with Crippen LogP contribution in [0.5, 0.6) is 5.75 Å². The Bertz CT molecular complexity index is 797. The predicted molar refractivity (Wildman–Crippen MR) is 95.7 cm³/mol. The van der Waals surface area contributed by atoms with Gasteiger partial charge in [-0.05, 0) is 55.0 Å². The van der Waals surface area contributed by atoms with Crippen LogP contribution in [0.3, 0.4) is 0 Å². The summed E-state index contributed by atoms with van der Waals surface area (Å²) in [6.45, 7) is 3.40. The van der Waals surface area contributed by atoms with Gasteiger partial charge in [0.05, 0.1) is 12.7 Å². The Morgan fingerprint density at radius 3 is 2.56 bits per heavy atom. The first-order chi connectivity index (χ1) is 12.2. The van der Waals surface area contributed by atoms with Crippen LogP contribution >= 0.6 is 0 Å². The van der Waals surface area contributed by atoms with Crippen molar-refractivity contribution in [3.8, 4) is 5.75 Å². The maximum Gasteiger partial charge on any atom is 0.255 e. The zero-order chi connectivity index (χ0) is 17.2. The van der Waals surface area contributed by atoms with Gasteiger partial charge < -0.3 is 20.1 Å². The monoisotopic (exact) mass is 336 g/mol. The van der Waals surface area contributed by atoms with Gasteiger partial charge >= 0.3 is 0 Å². The summed E-state index contributed by atoms with van der Waals surface area (Å²) < 4.78 is 11.3. The van der Waals surface area contributed by atoms with Crippen LogP contribution in [0.15, 0.2) is 60.3 Å². The topological polar surface area (TPSA) is 59.6 Å². The SMILES string of the molecule is CCOc1ccc(C(=O)Nc2ccc([C@H]3O[C@H]4C=C3NC4)cc2)cc1. The summed E-state index contributed by atoms with van der Waals surface area (Å²) in [6, 6.07) is 14.9. The summed E-state index contributed by atoms with van der Waals surface area (Å²) in [7, 11) is 0. The summed E-state index contributed by atoms with van der Waals surface area (Å²) in [6.07, 6.45) is 2.29. The van der Waals surface area contributed by atoms with Crippen molar-refractivity contribution in [1.29, 1.82) is 0 Å². The number of morpholine rings is 1. The maximum absolute atomic E-state index is 12.3. The van der Waals surface area contributed by atoms with E-state index in [0.717, 1.165) is 29.2 Å². The molecule has 2 atom stereocenters.